The van der Waals surface area contributed by atoms with E-state index in [4.69, 9.17) is 9.84 Å². The number of amides is 1. The average Bonchev–Trinajstić information content (AvgIpc) is 3.63. The van der Waals surface area contributed by atoms with Gasteiger partial charge in [0.15, 0.2) is 0 Å². The second-order valence-corrected chi connectivity index (χ2v) is 9.35. The van der Waals surface area contributed by atoms with Crippen LogP contribution in [0.15, 0.2) is 60.9 Å². The largest absolute Gasteiger partial charge is 0.489 e. The lowest BCUT2D eigenvalue weighted by atomic mass is 10.1. The van der Waals surface area contributed by atoms with Crippen molar-refractivity contribution in [3.05, 3.63) is 83.7 Å². The van der Waals surface area contributed by atoms with Crippen LogP contribution in [0.2, 0.25) is 0 Å². The summed E-state index contributed by atoms with van der Waals surface area (Å²) in [6, 6.07) is 15.6. The number of nitrogens with zero attached hydrogens (tertiary/aromatic N) is 5. The van der Waals surface area contributed by atoms with Crippen LogP contribution in [0.4, 0.5) is 5.69 Å². The minimum Gasteiger partial charge on any atom is -0.489 e. The number of aromatic nitrogens is 5. The Kier molecular flexibility index (Phi) is 6.05. The predicted molar refractivity (Wildman–Crippen MR) is 142 cm³/mol. The second kappa shape index (κ2) is 9.67. The van der Waals surface area contributed by atoms with Crippen LogP contribution in [-0.2, 0) is 13.0 Å². The Hall–Kier alpha value is -4.24. The lowest BCUT2D eigenvalue weighted by molar-refractivity contribution is 0.102. The van der Waals surface area contributed by atoms with Crippen molar-refractivity contribution >= 4 is 28.1 Å². The number of hydrogen-bond acceptors (Lipinski definition) is 6. The molecule has 1 aromatic carbocycles. The van der Waals surface area contributed by atoms with Gasteiger partial charge in [0.05, 0.1) is 35.3 Å². The molecule has 5 heterocycles. The number of carbonyl (C=O) groups is 1. The minimum atomic E-state index is -0.233. The van der Waals surface area contributed by atoms with Crippen molar-refractivity contribution in [3.8, 4) is 5.75 Å². The first-order valence-electron chi connectivity index (χ1n) is 12.7. The Morgan fingerprint density at radius 1 is 1.22 bits per heavy atom. The molecular weight excluding hydrogens is 466 g/mol. The van der Waals surface area contributed by atoms with Gasteiger partial charge in [-0.1, -0.05) is 19.1 Å². The van der Waals surface area contributed by atoms with Crippen LogP contribution in [0.25, 0.3) is 16.6 Å². The summed E-state index contributed by atoms with van der Waals surface area (Å²) < 4.78 is 9.78. The van der Waals surface area contributed by atoms with Crippen LogP contribution in [0, 0.1) is 6.92 Å². The maximum Gasteiger partial charge on any atom is 0.274 e. The highest BCUT2D eigenvalue weighted by Gasteiger charge is 2.19. The van der Waals surface area contributed by atoms with Crippen molar-refractivity contribution in [1.82, 2.24) is 29.5 Å². The van der Waals surface area contributed by atoms with Crippen molar-refractivity contribution in [2.45, 2.75) is 39.3 Å². The van der Waals surface area contributed by atoms with Crippen molar-refractivity contribution in [3.63, 3.8) is 0 Å². The van der Waals surface area contributed by atoms with Gasteiger partial charge in [0.2, 0.25) is 0 Å². The van der Waals surface area contributed by atoms with Crippen LogP contribution in [0.1, 0.15) is 40.9 Å². The number of pyridine rings is 2. The maximum atomic E-state index is 13.4. The maximum absolute atomic E-state index is 13.4. The normalized spacial score (nSPS) is 15.5. The van der Waals surface area contributed by atoms with Crippen molar-refractivity contribution in [2.75, 3.05) is 18.4 Å². The van der Waals surface area contributed by atoms with E-state index in [2.05, 4.69) is 27.5 Å². The van der Waals surface area contributed by atoms with Gasteiger partial charge in [-0.15, -0.1) is 0 Å². The molecule has 0 radical (unpaired) electrons. The number of benzene rings is 1. The Morgan fingerprint density at radius 3 is 2.92 bits per heavy atom. The molecule has 5 aromatic rings. The molecule has 0 unspecified atom stereocenters. The molecule has 37 heavy (non-hydrogen) atoms. The molecule has 1 fully saturated rings. The van der Waals surface area contributed by atoms with Gasteiger partial charge in [-0.05, 0) is 56.6 Å². The van der Waals surface area contributed by atoms with Crippen molar-refractivity contribution in [1.29, 1.82) is 0 Å². The third kappa shape index (κ3) is 4.53. The Bertz CT molecular complexity index is 1600. The number of rotatable bonds is 7. The molecular formula is C28H29N7O2. The van der Waals surface area contributed by atoms with E-state index in [0.29, 0.717) is 17.9 Å². The smallest absolute Gasteiger partial charge is 0.274 e. The number of carbonyl (C=O) groups excluding carboxylic acids is 1. The summed E-state index contributed by atoms with van der Waals surface area (Å²) in [6.07, 6.45) is 5.32. The summed E-state index contributed by atoms with van der Waals surface area (Å²) in [7, 11) is 0. The van der Waals surface area contributed by atoms with E-state index in [9.17, 15) is 4.79 Å². The zero-order valence-electron chi connectivity index (χ0n) is 20.9. The monoisotopic (exact) mass is 495 g/mol. The fourth-order valence-corrected chi connectivity index (χ4v) is 4.93. The fraction of sp³-hybridized carbons (Fsp3) is 0.286. The van der Waals surface area contributed by atoms with Gasteiger partial charge in [0.1, 0.15) is 23.2 Å². The first-order valence-corrected chi connectivity index (χ1v) is 12.7. The Labute approximate surface area is 214 Å². The number of anilines is 1. The van der Waals surface area contributed by atoms with Gasteiger partial charge < -0.3 is 15.4 Å². The molecule has 1 amide bonds. The molecule has 9 nitrogen and oxygen atoms in total. The molecule has 9 heteroatoms. The third-order valence-corrected chi connectivity index (χ3v) is 6.73. The summed E-state index contributed by atoms with van der Waals surface area (Å²) in [5.74, 6) is 0.524. The van der Waals surface area contributed by atoms with E-state index in [0.717, 1.165) is 65.4 Å². The zero-order chi connectivity index (χ0) is 25.4. The molecule has 4 aromatic heterocycles. The number of aryl methyl sites for hydroxylation is 2. The lowest BCUT2D eigenvalue weighted by Gasteiger charge is -2.12. The van der Waals surface area contributed by atoms with Gasteiger partial charge in [0.25, 0.3) is 5.91 Å². The van der Waals surface area contributed by atoms with Gasteiger partial charge in [-0.25, -0.2) is 4.98 Å². The predicted octanol–water partition coefficient (Wildman–Crippen LogP) is 3.99. The SMILES string of the molecule is CCc1nn(Cc2cccc(C)n2)c2cccc(NC(=O)c3cnc4cc(O[C@@H]5CCNC5)ccn34)c12. The molecule has 188 valence electrons. The third-order valence-electron chi connectivity index (χ3n) is 6.73. The van der Waals surface area contributed by atoms with E-state index in [-0.39, 0.29) is 12.0 Å². The summed E-state index contributed by atoms with van der Waals surface area (Å²) in [5.41, 5.74) is 5.65. The first kappa shape index (κ1) is 23.2. The molecule has 6 rings (SSSR count). The van der Waals surface area contributed by atoms with E-state index in [1.807, 2.05) is 66.3 Å². The molecule has 1 saturated heterocycles. The summed E-state index contributed by atoms with van der Waals surface area (Å²) in [5, 5.41) is 12.2. The first-order chi connectivity index (χ1) is 18.1. The van der Waals surface area contributed by atoms with Gasteiger partial charge >= 0.3 is 0 Å². The summed E-state index contributed by atoms with van der Waals surface area (Å²) in [6.45, 7) is 6.42. The number of ether oxygens (including phenoxy) is 1. The standard InChI is InChI=1S/C28H29N7O2/c1-3-22-27-23(8-5-9-24(27)35(33-22)17-19-7-4-6-18(2)31-19)32-28(36)25-16-30-26-14-20(11-13-34(25)26)37-21-10-12-29-15-21/h4-9,11,13-14,16,21,29H,3,10,12,15,17H2,1-2H3,(H,32,36)/t21-/m1/s1. The highest BCUT2D eigenvalue weighted by Crippen LogP contribution is 2.29. The summed E-state index contributed by atoms with van der Waals surface area (Å²) >= 11 is 0. The average molecular weight is 496 g/mol. The Balaban J connectivity index is 1.28. The highest BCUT2D eigenvalue weighted by molar-refractivity contribution is 6.08. The number of nitrogens with one attached hydrogen (secondary N) is 2. The van der Waals surface area contributed by atoms with Crippen LogP contribution < -0.4 is 15.4 Å². The van der Waals surface area contributed by atoms with Crippen LogP contribution in [-0.4, -0.2) is 49.2 Å². The van der Waals surface area contributed by atoms with Gasteiger partial charge in [-0.3, -0.25) is 18.9 Å². The summed E-state index contributed by atoms with van der Waals surface area (Å²) in [4.78, 5) is 22.5. The van der Waals surface area contributed by atoms with Crippen molar-refractivity contribution < 1.29 is 9.53 Å². The van der Waals surface area contributed by atoms with Crippen LogP contribution in [0.3, 0.4) is 0 Å². The fourth-order valence-electron chi connectivity index (χ4n) is 4.93. The molecule has 2 N–H and O–H groups in total. The van der Waals surface area contributed by atoms with E-state index >= 15 is 0 Å². The molecule has 0 spiro atoms. The Morgan fingerprint density at radius 2 is 2.11 bits per heavy atom. The van der Waals surface area contributed by atoms with E-state index in [1.165, 1.54) is 0 Å². The minimum absolute atomic E-state index is 0.163. The van der Waals surface area contributed by atoms with Crippen LogP contribution in [0.5, 0.6) is 5.75 Å². The van der Waals surface area contributed by atoms with Crippen LogP contribution >= 0.6 is 0 Å². The van der Waals surface area contributed by atoms with Gasteiger partial charge in [-0.2, -0.15) is 5.10 Å². The lowest BCUT2D eigenvalue weighted by Crippen LogP contribution is -2.19. The van der Waals surface area contributed by atoms with Gasteiger partial charge in [0, 0.05) is 29.9 Å². The highest BCUT2D eigenvalue weighted by atomic mass is 16.5. The molecule has 0 saturated carbocycles. The van der Waals surface area contributed by atoms with Crippen molar-refractivity contribution in [2.24, 2.45) is 0 Å². The topological polar surface area (TPSA) is 98.4 Å². The number of hydrogen-bond donors (Lipinski definition) is 2. The van der Waals surface area contributed by atoms with E-state index in [1.54, 1.807) is 10.6 Å². The number of fused-ring (bicyclic) bond motifs is 2. The molecule has 0 bridgehead atoms. The quantitative estimate of drug-likeness (QED) is 0.354. The molecule has 0 aliphatic carbocycles. The number of imidazole rings is 1. The second-order valence-electron chi connectivity index (χ2n) is 9.35. The van der Waals surface area contributed by atoms with E-state index < -0.39 is 0 Å². The molecule has 1 aliphatic rings. The molecule has 1 aliphatic heterocycles. The molecule has 1 atom stereocenters. The zero-order valence-corrected chi connectivity index (χ0v) is 20.9.